The highest BCUT2D eigenvalue weighted by Crippen LogP contribution is 2.39. The topological polar surface area (TPSA) is 54.9 Å². The Morgan fingerprint density at radius 2 is 2.04 bits per heavy atom. The number of hydrogen-bond acceptors (Lipinski definition) is 5. The zero-order chi connectivity index (χ0) is 17.9. The predicted molar refractivity (Wildman–Crippen MR) is 108 cm³/mol. The second-order valence-corrected chi connectivity index (χ2v) is 8.61. The lowest BCUT2D eigenvalue weighted by atomic mass is 9.97. The number of thiophene rings is 1. The van der Waals surface area contributed by atoms with E-state index in [4.69, 9.17) is 0 Å². The van der Waals surface area contributed by atoms with E-state index >= 15 is 0 Å². The summed E-state index contributed by atoms with van der Waals surface area (Å²) in [5.41, 5.74) is 2.53. The maximum Gasteiger partial charge on any atom is 0.230 e. The Bertz CT molecular complexity index is 923. The third-order valence-electron chi connectivity index (χ3n) is 4.73. The molecule has 0 unspecified atom stereocenters. The van der Waals surface area contributed by atoms with Crippen LogP contribution < -0.4 is 5.32 Å². The highest BCUT2D eigenvalue weighted by molar-refractivity contribution is 8.00. The fraction of sp³-hybridized carbons (Fsp3) is 0.350. The second kappa shape index (κ2) is 7.76. The van der Waals surface area contributed by atoms with Gasteiger partial charge in [0, 0.05) is 10.3 Å². The van der Waals surface area contributed by atoms with Gasteiger partial charge in [-0.2, -0.15) is 0 Å². The molecule has 4 nitrogen and oxygen atoms in total. The number of hydrogen-bond donors (Lipinski definition) is 1. The molecule has 134 valence electrons. The van der Waals surface area contributed by atoms with Crippen molar-refractivity contribution < 1.29 is 4.79 Å². The highest BCUT2D eigenvalue weighted by atomic mass is 32.2. The van der Waals surface area contributed by atoms with Crippen LogP contribution in [-0.2, 0) is 17.6 Å². The number of amides is 1. The number of rotatable bonds is 5. The summed E-state index contributed by atoms with van der Waals surface area (Å²) in [6, 6.07) is 10.0. The van der Waals surface area contributed by atoms with Crippen molar-refractivity contribution in [3.05, 3.63) is 52.7 Å². The first-order valence-corrected chi connectivity index (χ1v) is 10.7. The van der Waals surface area contributed by atoms with Gasteiger partial charge in [0.2, 0.25) is 5.91 Å². The van der Waals surface area contributed by atoms with Crippen LogP contribution in [0.4, 0.5) is 0 Å². The van der Waals surface area contributed by atoms with Crippen molar-refractivity contribution >= 4 is 39.2 Å². The molecule has 0 saturated carbocycles. The molecule has 0 saturated heterocycles. The van der Waals surface area contributed by atoms with E-state index in [0.29, 0.717) is 5.75 Å². The van der Waals surface area contributed by atoms with Crippen LogP contribution >= 0.6 is 23.1 Å². The molecule has 1 atom stereocenters. The smallest absolute Gasteiger partial charge is 0.230 e. The Hall–Kier alpha value is -1.92. The quantitative estimate of drug-likeness (QED) is 0.519. The average molecular weight is 384 g/mol. The second-order valence-electron chi connectivity index (χ2n) is 6.56. The molecule has 1 amide bonds. The summed E-state index contributed by atoms with van der Waals surface area (Å²) in [4.78, 5) is 23.8. The number of thioether (sulfide) groups is 1. The van der Waals surface area contributed by atoms with Gasteiger partial charge in [-0.3, -0.25) is 4.79 Å². The van der Waals surface area contributed by atoms with Crippen LogP contribution in [-0.4, -0.2) is 21.6 Å². The van der Waals surface area contributed by atoms with E-state index in [1.807, 2.05) is 37.3 Å². The standard InChI is InChI=1S/C20H21N3OS2/c1-13(14-7-3-2-4-8-14)23-17(24)11-25-19-18-15-9-5-6-10-16(15)26-20(18)22-12-21-19/h2-4,7-8,12-13H,5-6,9-11H2,1H3,(H,23,24)/t13-/m0/s1. The molecule has 2 aromatic heterocycles. The Morgan fingerprint density at radius 1 is 1.23 bits per heavy atom. The molecule has 2 heterocycles. The molecule has 1 aliphatic carbocycles. The average Bonchev–Trinajstić information content (AvgIpc) is 3.06. The van der Waals surface area contributed by atoms with Crippen molar-refractivity contribution in [3.8, 4) is 0 Å². The lowest BCUT2D eigenvalue weighted by molar-refractivity contribution is -0.119. The van der Waals surface area contributed by atoms with Crippen LogP contribution in [0, 0.1) is 0 Å². The van der Waals surface area contributed by atoms with E-state index < -0.39 is 0 Å². The van der Waals surface area contributed by atoms with Gasteiger partial charge in [0.05, 0.1) is 11.8 Å². The molecular weight excluding hydrogens is 362 g/mol. The monoisotopic (exact) mass is 383 g/mol. The summed E-state index contributed by atoms with van der Waals surface area (Å²) in [7, 11) is 0. The Balaban J connectivity index is 1.46. The van der Waals surface area contributed by atoms with Crippen molar-refractivity contribution in [1.82, 2.24) is 15.3 Å². The molecule has 0 radical (unpaired) electrons. The van der Waals surface area contributed by atoms with E-state index in [1.54, 1.807) is 17.7 Å². The van der Waals surface area contributed by atoms with E-state index in [1.165, 1.54) is 40.4 Å². The first-order chi connectivity index (χ1) is 12.7. The van der Waals surface area contributed by atoms with Crippen LogP contribution in [0.25, 0.3) is 10.2 Å². The predicted octanol–water partition coefficient (Wildman–Crippen LogP) is 4.54. The SMILES string of the molecule is C[C@H](NC(=O)CSc1ncnc2sc3c(c12)CCCC3)c1ccccc1. The van der Waals surface area contributed by atoms with E-state index in [2.05, 4.69) is 15.3 Å². The molecule has 0 spiro atoms. The molecule has 0 fully saturated rings. The van der Waals surface area contributed by atoms with E-state index in [-0.39, 0.29) is 11.9 Å². The molecule has 1 N–H and O–H groups in total. The minimum atomic E-state index is 0.00336. The summed E-state index contributed by atoms with van der Waals surface area (Å²) in [6.07, 6.45) is 6.36. The van der Waals surface area contributed by atoms with Gasteiger partial charge in [0.15, 0.2) is 0 Å². The molecular formula is C20H21N3OS2. The Morgan fingerprint density at radius 3 is 2.88 bits per heavy atom. The van der Waals surface area contributed by atoms with Gasteiger partial charge in [0.1, 0.15) is 16.2 Å². The number of nitrogens with one attached hydrogen (secondary N) is 1. The van der Waals surface area contributed by atoms with Crippen molar-refractivity contribution in [2.24, 2.45) is 0 Å². The fourth-order valence-corrected chi connectivity index (χ4v) is 5.54. The maximum absolute atomic E-state index is 12.4. The number of aromatic nitrogens is 2. The number of carbonyl (C=O) groups is 1. The molecule has 6 heteroatoms. The molecule has 0 aliphatic heterocycles. The zero-order valence-corrected chi connectivity index (χ0v) is 16.3. The summed E-state index contributed by atoms with van der Waals surface area (Å²) >= 11 is 3.31. The number of aryl methyl sites for hydroxylation is 2. The van der Waals surface area contributed by atoms with Gasteiger partial charge in [-0.05, 0) is 43.7 Å². The summed E-state index contributed by atoms with van der Waals surface area (Å²) in [5, 5.41) is 5.19. The maximum atomic E-state index is 12.4. The fourth-order valence-electron chi connectivity index (χ4n) is 3.41. The molecule has 1 aliphatic rings. The number of fused-ring (bicyclic) bond motifs is 3. The number of benzene rings is 1. The van der Waals surface area contributed by atoms with Gasteiger partial charge in [0.25, 0.3) is 0 Å². The Kier molecular flexibility index (Phi) is 5.22. The van der Waals surface area contributed by atoms with Crippen molar-refractivity contribution in [3.63, 3.8) is 0 Å². The first kappa shape index (κ1) is 17.5. The number of nitrogens with zero attached hydrogens (tertiary/aromatic N) is 2. The molecule has 4 rings (SSSR count). The van der Waals surface area contributed by atoms with Gasteiger partial charge in [-0.1, -0.05) is 42.1 Å². The Labute approximate surface area is 161 Å². The normalized spacial score (nSPS) is 14.8. The molecule has 3 aromatic rings. The van der Waals surface area contributed by atoms with Crippen LogP contribution in [0.2, 0.25) is 0 Å². The molecule has 26 heavy (non-hydrogen) atoms. The zero-order valence-electron chi connectivity index (χ0n) is 14.7. The van der Waals surface area contributed by atoms with Gasteiger partial charge >= 0.3 is 0 Å². The lowest BCUT2D eigenvalue weighted by Gasteiger charge is -2.14. The highest BCUT2D eigenvalue weighted by Gasteiger charge is 2.20. The van der Waals surface area contributed by atoms with Crippen LogP contribution in [0.15, 0.2) is 41.7 Å². The minimum absolute atomic E-state index is 0.00336. The minimum Gasteiger partial charge on any atom is -0.349 e. The summed E-state index contributed by atoms with van der Waals surface area (Å²) in [6.45, 7) is 2.01. The third-order valence-corrected chi connectivity index (χ3v) is 6.92. The van der Waals surface area contributed by atoms with Crippen LogP contribution in [0.3, 0.4) is 0 Å². The van der Waals surface area contributed by atoms with Gasteiger partial charge in [-0.25, -0.2) is 9.97 Å². The molecule has 1 aromatic carbocycles. The van der Waals surface area contributed by atoms with Crippen molar-refractivity contribution in [1.29, 1.82) is 0 Å². The van der Waals surface area contributed by atoms with Gasteiger partial charge in [-0.15, -0.1) is 11.3 Å². The van der Waals surface area contributed by atoms with Crippen molar-refractivity contribution in [2.45, 2.75) is 43.7 Å². The van der Waals surface area contributed by atoms with E-state index in [0.717, 1.165) is 28.3 Å². The summed E-state index contributed by atoms with van der Waals surface area (Å²) in [5.74, 6) is 0.399. The largest absolute Gasteiger partial charge is 0.349 e. The van der Waals surface area contributed by atoms with Gasteiger partial charge < -0.3 is 5.32 Å². The third kappa shape index (κ3) is 3.62. The van der Waals surface area contributed by atoms with Crippen molar-refractivity contribution in [2.75, 3.05) is 5.75 Å². The van der Waals surface area contributed by atoms with E-state index in [9.17, 15) is 4.79 Å². The molecule has 0 bridgehead atoms. The van der Waals surface area contributed by atoms with Crippen LogP contribution in [0.5, 0.6) is 0 Å². The lowest BCUT2D eigenvalue weighted by Crippen LogP contribution is -2.28. The first-order valence-electron chi connectivity index (χ1n) is 8.94. The van der Waals surface area contributed by atoms with Crippen LogP contribution in [0.1, 0.15) is 41.8 Å². The number of carbonyl (C=O) groups excluding carboxylic acids is 1. The summed E-state index contributed by atoms with van der Waals surface area (Å²) < 4.78 is 0.